The second-order valence-electron chi connectivity index (χ2n) is 7.67. The minimum atomic E-state index is 0.0255. The molecule has 1 atom stereocenters. The molecular formula is C26H31NO2. The van der Waals surface area contributed by atoms with Crippen molar-refractivity contribution in [1.29, 1.82) is 0 Å². The molecule has 0 spiro atoms. The summed E-state index contributed by atoms with van der Waals surface area (Å²) in [6.07, 6.45) is 0.957. The van der Waals surface area contributed by atoms with Crippen LogP contribution in [-0.4, -0.2) is 17.7 Å². The summed E-state index contributed by atoms with van der Waals surface area (Å²) in [4.78, 5) is 0. The highest BCUT2D eigenvalue weighted by Crippen LogP contribution is 2.35. The van der Waals surface area contributed by atoms with Gasteiger partial charge in [-0.15, -0.1) is 0 Å². The van der Waals surface area contributed by atoms with Crippen LogP contribution in [0.4, 0.5) is 0 Å². The molecule has 3 heteroatoms. The molecule has 0 amide bonds. The van der Waals surface area contributed by atoms with Crippen LogP contribution in [0.2, 0.25) is 0 Å². The lowest BCUT2D eigenvalue weighted by Gasteiger charge is -2.23. The largest absolute Gasteiger partial charge is 0.489 e. The maximum atomic E-state index is 9.71. The Morgan fingerprint density at radius 3 is 2.21 bits per heavy atom. The van der Waals surface area contributed by atoms with E-state index in [-0.39, 0.29) is 12.5 Å². The fourth-order valence-electron chi connectivity index (χ4n) is 3.54. The number of hydrogen-bond donors (Lipinski definition) is 2. The summed E-state index contributed by atoms with van der Waals surface area (Å²) in [6.45, 7) is 5.80. The molecule has 29 heavy (non-hydrogen) atoms. The number of nitrogens with one attached hydrogen (secondary N) is 1. The summed E-state index contributed by atoms with van der Waals surface area (Å²) < 4.78 is 6.25. The van der Waals surface area contributed by atoms with E-state index in [0.717, 1.165) is 35.4 Å². The van der Waals surface area contributed by atoms with Crippen LogP contribution in [0.5, 0.6) is 5.75 Å². The van der Waals surface area contributed by atoms with Gasteiger partial charge >= 0.3 is 0 Å². The summed E-state index contributed by atoms with van der Waals surface area (Å²) in [7, 11) is 0. The molecule has 0 aliphatic carbocycles. The quantitative estimate of drug-likeness (QED) is 0.496. The van der Waals surface area contributed by atoms with Crippen molar-refractivity contribution < 1.29 is 9.84 Å². The van der Waals surface area contributed by atoms with E-state index in [1.165, 1.54) is 5.56 Å². The van der Waals surface area contributed by atoms with Gasteiger partial charge in [0.25, 0.3) is 0 Å². The molecule has 152 valence electrons. The second kappa shape index (κ2) is 10.8. The van der Waals surface area contributed by atoms with Gasteiger partial charge in [0.1, 0.15) is 12.4 Å². The number of aliphatic hydroxyl groups excluding tert-OH is 1. The van der Waals surface area contributed by atoms with E-state index >= 15 is 0 Å². The number of aliphatic hydroxyl groups is 1. The first-order valence-corrected chi connectivity index (χ1v) is 10.4. The molecule has 1 unspecified atom stereocenters. The van der Waals surface area contributed by atoms with E-state index in [1.807, 2.05) is 36.4 Å². The molecule has 0 heterocycles. The zero-order chi connectivity index (χ0) is 20.5. The topological polar surface area (TPSA) is 41.5 Å². The highest BCUT2D eigenvalue weighted by atomic mass is 16.5. The first kappa shape index (κ1) is 21.1. The summed E-state index contributed by atoms with van der Waals surface area (Å²) in [5.41, 5.74) is 4.44. The summed E-state index contributed by atoms with van der Waals surface area (Å²) >= 11 is 0. The first-order chi connectivity index (χ1) is 14.2. The first-order valence-electron chi connectivity index (χ1n) is 10.4. The van der Waals surface area contributed by atoms with Gasteiger partial charge in [0.05, 0.1) is 6.61 Å². The Morgan fingerprint density at radius 1 is 0.862 bits per heavy atom. The van der Waals surface area contributed by atoms with Gasteiger partial charge in [-0.1, -0.05) is 80.6 Å². The molecule has 0 aliphatic rings. The Morgan fingerprint density at radius 2 is 1.55 bits per heavy atom. The molecular weight excluding hydrogens is 358 g/mol. The van der Waals surface area contributed by atoms with Crippen molar-refractivity contribution in [3.05, 3.63) is 101 Å². The number of hydrogen-bond acceptors (Lipinski definition) is 3. The Bertz CT molecular complexity index is 862. The third-order valence-electron chi connectivity index (χ3n) is 5.06. The normalized spacial score (nSPS) is 12.1. The van der Waals surface area contributed by atoms with Crippen molar-refractivity contribution in [3.8, 4) is 5.75 Å². The minimum Gasteiger partial charge on any atom is -0.489 e. The molecule has 0 radical (unpaired) electrons. The van der Waals surface area contributed by atoms with Crippen molar-refractivity contribution in [2.45, 2.75) is 45.4 Å². The number of benzene rings is 3. The molecule has 0 aromatic heterocycles. The van der Waals surface area contributed by atoms with Gasteiger partial charge in [0, 0.05) is 17.5 Å². The lowest BCUT2D eigenvalue weighted by Crippen LogP contribution is -2.25. The standard InChI is InChI=1S/C26H31NO2/c1-20(2)27-16-15-24(23-11-7-4-8-12-23)25-17-22(18-28)13-14-26(25)29-19-21-9-5-3-6-10-21/h3-14,17,20,24,27-28H,15-16,18-19H2,1-2H3. The van der Waals surface area contributed by atoms with E-state index < -0.39 is 0 Å². The van der Waals surface area contributed by atoms with Crippen molar-refractivity contribution in [2.75, 3.05) is 6.54 Å². The Balaban J connectivity index is 1.91. The van der Waals surface area contributed by atoms with Gasteiger partial charge in [-0.2, -0.15) is 0 Å². The summed E-state index contributed by atoms with van der Waals surface area (Å²) in [5.74, 6) is 1.07. The molecule has 0 saturated carbocycles. The van der Waals surface area contributed by atoms with Gasteiger partial charge in [-0.05, 0) is 41.8 Å². The van der Waals surface area contributed by atoms with Crippen LogP contribution in [0.25, 0.3) is 0 Å². The summed E-state index contributed by atoms with van der Waals surface area (Å²) in [6, 6.07) is 27.2. The zero-order valence-electron chi connectivity index (χ0n) is 17.3. The predicted molar refractivity (Wildman–Crippen MR) is 119 cm³/mol. The van der Waals surface area contributed by atoms with Crippen molar-refractivity contribution in [1.82, 2.24) is 5.32 Å². The zero-order valence-corrected chi connectivity index (χ0v) is 17.3. The third-order valence-corrected chi connectivity index (χ3v) is 5.06. The molecule has 0 saturated heterocycles. The predicted octanol–water partition coefficient (Wildman–Crippen LogP) is 5.28. The van der Waals surface area contributed by atoms with E-state index in [2.05, 4.69) is 61.6 Å². The maximum Gasteiger partial charge on any atom is 0.123 e. The van der Waals surface area contributed by atoms with Gasteiger partial charge in [-0.3, -0.25) is 0 Å². The summed E-state index contributed by atoms with van der Waals surface area (Å²) in [5, 5.41) is 13.2. The van der Waals surface area contributed by atoms with E-state index in [9.17, 15) is 5.11 Å². The van der Waals surface area contributed by atoms with Crippen LogP contribution in [0, 0.1) is 0 Å². The smallest absolute Gasteiger partial charge is 0.123 e. The molecule has 3 aromatic carbocycles. The highest BCUT2D eigenvalue weighted by Gasteiger charge is 2.19. The lowest BCUT2D eigenvalue weighted by molar-refractivity contribution is 0.280. The minimum absolute atomic E-state index is 0.0255. The molecule has 0 bridgehead atoms. The van der Waals surface area contributed by atoms with Crippen LogP contribution in [0.15, 0.2) is 78.9 Å². The number of ether oxygens (including phenoxy) is 1. The van der Waals surface area contributed by atoms with Gasteiger partial charge < -0.3 is 15.2 Å². The molecule has 3 nitrogen and oxygen atoms in total. The molecule has 2 N–H and O–H groups in total. The van der Waals surface area contributed by atoms with Crippen LogP contribution in [0.3, 0.4) is 0 Å². The highest BCUT2D eigenvalue weighted by molar-refractivity contribution is 5.44. The Kier molecular flexibility index (Phi) is 7.85. The van der Waals surface area contributed by atoms with Crippen molar-refractivity contribution >= 4 is 0 Å². The average molecular weight is 390 g/mol. The van der Waals surface area contributed by atoms with Gasteiger partial charge in [-0.25, -0.2) is 0 Å². The molecule has 3 aromatic rings. The van der Waals surface area contributed by atoms with E-state index in [0.29, 0.717) is 12.6 Å². The SMILES string of the molecule is CC(C)NCCC(c1ccccc1)c1cc(CO)ccc1OCc1ccccc1. The second-order valence-corrected chi connectivity index (χ2v) is 7.67. The lowest BCUT2D eigenvalue weighted by atomic mass is 9.87. The van der Waals surface area contributed by atoms with E-state index in [1.54, 1.807) is 0 Å². The van der Waals surface area contributed by atoms with E-state index in [4.69, 9.17) is 4.74 Å². The molecule has 3 rings (SSSR count). The monoisotopic (exact) mass is 389 g/mol. The molecule has 0 fully saturated rings. The van der Waals surface area contributed by atoms with Gasteiger partial charge in [0.15, 0.2) is 0 Å². The molecule has 0 aliphatic heterocycles. The fraction of sp³-hybridized carbons (Fsp3) is 0.308. The Hall–Kier alpha value is -2.62. The van der Waals surface area contributed by atoms with Crippen LogP contribution in [0.1, 0.15) is 48.4 Å². The van der Waals surface area contributed by atoms with Crippen LogP contribution >= 0.6 is 0 Å². The third kappa shape index (κ3) is 6.18. The van der Waals surface area contributed by atoms with Gasteiger partial charge in [0.2, 0.25) is 0 Å². The number of rotatable bonds is 10. The van der Waals surface area contributed by atoms with Crippen molar-refractivity contribution in [2.24, 2.45) is 0 Å². The van der Waals surface area contributed by atoms with Crippen LogP contribution in [-0.2, 0) is 13.2 Å². The maximum absolute atomic E-state index is 9.71. The average Bonchev–Trinajstić information content (AvgIpc) is 2.76. The fourth-order valence-corrected chi connectivity index (χ4v) is 3.54. The van der Waals surface area contributed by atoms with Crippen LogP contribution < -0.4 is 10.1 Å². The Labute approximate surface area is 174 Å². The van der Waals surface area contributed by atoms with Crippen molar-refractivity contribution in [3.63, 3.8) is 0 Å².